The third-order valence-corrected chi connectivity index (χ3v) is 3.37. The highest BCUT2D eigenvalue weighted by Gasteiger charge is 2.24. The molecule has 6 heteroatoms. The molecule has 88 valence electrons. The van der Waals surface area contributed by atoms with Crippen molar-refractivity contribution < 1.29 is 8.78 Å². The van der Waals surface area contributed by atoms with Gasteiger partial charge in [-0.2, -0.15) is 0 Å². The Kier molecular flexibility index (Phi) is 3.37. The third-order valence-electron chi connectivity index (χ3n) is 2.57. The molecule has 1 saturated carbocycles. The maximum atomic E-state index is 12.2. The maximum Gasteiger partial charge on any atom is 0.268 e. The third kappa shape index (κ3) is 2.66. The Morgan fingerprint density at radius 2 is 2.25 bits per heavy atom. The number of alkyl halides is 2. The van der Waals surface area contributed by atoms with Crippen LogP contribution in [0, 0.1) is 5.92 Å². The Bertz CT molecular complexity index is 443. The molecule has 0 spiro atoms. The second-order valence-corrected chi connectivity index (χ2v) is 4.79. The fraction of sp³-hybridized carbons (Fsp3) is 0.600. The summed E-state index contributed by atoms with van der Waals surface area (Å²) in [6, 6.07) is 0. The summed E-state index contributed by atoms with van der Waals surface area (Å²) in [7, 11) is 0. The predicted octanol–water partition coefficient (Wildman–Crippen LogP) is 2.22. The molecule has 0 aromatic carbocycles. The minimum atomic E-state index is -2.54. The zero-order chi connectivity index (χ0) is 11.7. The summed E-state index contributed by atoms with van der Waals surface area (Å²) in [5, 5.41) is 0. The van der Waals surface area contributed by atoms with Gasteiger partial charge in [0, 0.05) is 0 Å². The Morgan fingerprint density at radius 1 is 1.56 bits per heavy atom. The van der Waals surface area contributed by atoms with Gasteiger partial charge >= 0.3 is 0 Å². The quantitative estimate of drug-likeness (QED) is 0.853. The van der Waals surface area contributed by atoms with Gasteiger partial charge in [0.2, 0.25) is 0 Å². The molecule has 0 saturated heterocycles. The molecule has 1 fully saturated rings. The van der Waals surface area contributed by atoms with Gasteiger partial charge in [0.05, 0.1) is 18.6 Å². The summed E-state index contributed by atoms with van der Waals surface area (Å²) >= 11 is 3.14. The van der Waals surface area contributed by atoms with Crippen LogP contribution in [0.2, 0.25) is 0 Å². The summed E-state index contributed by atoms with van der Waals surface area (Å²) in [6.45, 7) is -0.603. The normalized spacial score (nSPS) is 15.8. The van der Waals surface area contributed by atoms with Crippen LogP contribution < -0.4 is 5.56 Å². The SMILES string of the molecule is O=c1c(Br)c(CC2CC2)ncn1CC(F)F. The van der Waals surface area contributed by atoms with Crippen LogP contribution in [0.5, 0.6) is 0 Å². The van der Waals surface area contributed by atoms with Crippen molar-refractivity contribution >= 4 is 15.9 Å². The molecule has 0 aliphatic heterocycles. The molecule has 1 aliphatic rings. The van der Waals surface area contributed by atoms with Crippen molar-refractivity contribution in [1.29, 1.82) is 0 Å². The van der Waals surface area contributed by atoms with Gasteiger partial charge in [-0.25, -0.2) is 13.8 Å². The fourth-order valence-electron chi connectivity index (χ4n) is 1.51. The van der Waals surface area contributed by atoms with Gasteiger partial charge in [0.25, 0.3) is 12.0 Å². The van der Waals surface area contributed by atoms with Gasteiger partial charge in [-0.1, -0.05) is 0 Å². The van der Waals surface area contributed by atoms with Crippen LogP contribution >= 0.6 is 15.9 Å². The predicted molar refractivity (Wildman–Crippen MR) is 58.6 cm³/mol. The standard InChI is InChI=1S/C10H11BrF2N2O/c11-9-7(3-6-1-2-6)14-5-15(10(9)16)4-8(12)13/h5-6,8H,1-4H2. The molecule has 3 nitrogen and oxygen atoms in total. The van der Waals surface area contributed by atoms with Crippen molar-refractivity contribution in [3.05, 3.63) is 26.8 Å². The highest BCUT2D eigenvalue weighted by molar-refractivity contribution is 9.10. The Morgan fingerprint density at radius 3 is 2.81 bits per heavy atom. The second-order valence-electron chi connectivity index (χ2n) is 4.00. The average Bonchev–Trinajstić information content (AvgIpc) is 3.01. The fourth-order valence-corrected chi connectivity index (χ4v) is 2.01. The van der Waals surface area contributed by atoms with E-state index in [0.29, 0.717) is 16.1 Å². The van der Waals surface area contributed by atoms with Crippen LogP contribution in [-0.4, -0.2) is 16.0 Å². The zero-order valence-corrected chi connectivity index (χ0v) is 10.1. The van der Waals surface area contributed by atoms with E-state index in [-0.39, 0.29) is 0 Å². The van der Waals surface area contributed by atoms with Gasteiger partial charge < -0.3 is 0 Å². The number of hydrogen-bond acceptors (Lipinski definition) is 2. The largest absolute Gasteiger partial charge is 0.293 e. The summed E-state index contributed by atoms with van der Waals surface area (Å²) in [4.78, 5) is 15.7. The van der Waals surface area contributed by atoms with E-state index in [1.807, 2.05) is 0 Å². The van der Waals surface area contributed by atoms with Gasteiger partial charge in [-0.05, 0) is 41.1 Å². The number of aromatic nitrogens is 2. The van der Waals surface area contributed by atoms with Gasteiger partial charge in [-0.15, -0.1) is 0 Å². The van der Waals surface area contributed by atoms with Crippen LogP contribution in [0.15, 0.2) is 15.6 Å². The number of hydrogen-bond donors (Lipinski definition) is 0. The molecule has 0 unspecified atom stereocenters. The smallest absolute Gasteiger partial charge is 0.268 e. The number of halogens is 3. The van der Waals surface area contributed by atoms with Gasteiger partial charge in [0.15, 0.2) is 0 Å². The lowest BCUT2D eigenvalue weighted by atomic mass is 10.2. The van der Waals surface area contributed by atoms with Crippen LogP contribution in [0.25, 0.3) is 0 Å². The first-order valence-corrected chi connectivity index (χ1v) is 5.89. The van der Waals surface area contributed by atoms with E-state index >= 15 is 0 Å². The summed E-state index contributed by atoms with van der Waals surface area (Å²) in [5.74, 6) is 0.606. The van der Waals surface area contributed by atoms with Crippen molar-refractivity contribution in [2.24, 2.45) is 5.92 Å². The summed E-state index contributed by atoms with van der Waals surface area (Å²) in [5.41, 5.74) is 0.254. The number of nitrogens with zero attached hydrogens (tertiary/aromatic N) is 2. The first-order valence-electron chi connectivity index (χ1n) is 5.10. The van der Waals surface area contributed by atoms with Crippen molar-refractivity contribution in [2.75, 3.05) is 0 Å². The molecule has 0 N–H and O–H groups in total. The van der Waals surface area contributed by atoms with E-state index < -0.39 is 18.5 Å². The van der Waals surface area contributed by atoms with E-state index in [1.165, 1.54) is 6.33 Å². The first-order chi connectivity index (χ1) is 7.58. The van der Waals surface area contributed by atoms with Crippen molar-refractivity contribution in [1.82, 2.24) is 9.55 Å². The van der Waals surface area contributed by atoms with Crippen LogP contribution in [0.4, 0.5) is 8.78 Å². The van der Waals surface area contributed by atoms with E-state index in [1.54, 1.807) is 0 Å². The van der Waals surface area contributed by atoms with Crippen molar-refractivity contribution in [3.8, 4) is 0 Å². The first kappa shape index (κ1) is 11.7. The van der Waals surface area contributed by atoms with Crippen LogP contribution in [0.3, 0.4) is 0 Å². The summed E-state index contributed by atoms with van der Waals surface area (Å²) < 4.78 is 25.6. The molecule has 1 heterocycles. The molecule has 1 aliphatic carbocycles. The lowest BCUT2D eigenvalue weighted by molar-refractivity contribution is 0.124. The minimum absolute atomic E-state index is 0.322. The molecule has 1 aromatic heterocycles. The van der Waals surface area contributed by atoms with E-state index in [0.717, 1.165) is 23.8 Å². The molecule has 2 rings (SSSR count). The monoisotopic (exact) mass is 292 g/mol. The zero-order valence-electron chi connectivity index (χ0n) is 8.50. The summed E-state index contributed by atoms with van der Waals surface area (Å²) in [6.07, 6.45) is 1.74. The van der Waals surface area contributed by atoms with Crippen LogP contribution in [0.1, 0.15) is 18.5 Å². The van der Waals surface area contributed by atoms with Gasteiger partial charge in [-0.3, -0.25) is 9.36 Å². The lowest BCUT2D eigenvalue weighted by Gasteiger charge is -2.07. The minimum Gasteiger partial charge on any atom is -0.293 e. The van der Waals surface area contributed by atoms with Crippen LogP contribution in [-0.2, 0) is 13.0 Å². The molecule has 1 aromatic rings. The topological polar surface area (TPSA) is 34.9 Å². The van der Waals surface area contributed by atoms with E-state index in [4.69, 9.17) is 0 Å². The van der Waals surface area contributed by atoms with E-state index in [2.05, 4.69) is 20.9 Å². The molecular weight excluding hydrogens is 282 g/mol. The Balaban J connectivity index is 2.24. The Labute approximate surface area is 99.6 Å². The van der Waals surface area contributed by atoms with Crippen molar-refractivity contribution in [2.45, 2.75) is 32.2 Å². The molecule has 0 bridgehead atoms. The highest BCUT2D eigenvalue weighted by atomic mass is 79.9. The van der Waals surface area contributed by atoms with Crippen molar-refractivity contribution in [3.63, 3.8) is 0 Å². The maximum absolute atomic E-state index is 12.2. The lowest BCUT2D eigenvalue weighted by Crippen LogP contribution is -2.25. The van der Waals surface area contributed by atoms with E-state index in [9.17, 15) is 13.6 Å². The molecule has 0 radical (unpaired) electrons. The van der Waals surface area contributed by atoms with Gasteiger partial charge in [0.1, 0.15) is 4.47 Å². The second kappa shape index (κ2) is 4.61. The highest BCUT2D eigenvalue weighted by Crippen LogP contribution is 2.33. The molecule has 0 atom stereocenters. The average molecular weight is 293 g/mol. The number of rotatable bonds is 4. The molecule has 16 heavy (non-hydrogen) atoms. The molecular formula is C10H11BrF2N2O. The molecule has 0 amide bonds. The Hall–Kier alpha value is -0.780.